The largest absolute Gasteiger partial charge is 0.495 e. The summed E-state index contributed by atoms with van der Waals surface area (Å²) < 4.78 is 42.0. The highest BCUT2D eigenvalue weighted by Gasteiger charge is 2.57. The molecule has 10 heteroatoms. The number of benzene rings is 2. The number of imidazole rings is 1. The molecule has 0 radical (unpaired) electrons. The summed E-state index contributed by atoms with van der Waals surface area (Å²) in [4.78, 5) is 25.0. The molecule has 5 rings (SSSR count). The minimum atomic E-state index is -1.93. The Morgan fingerprint density at radius 1 is 1.21 bits per heavy atom. The van der Waals surface area contributed by atoms with Crippen molar-refractivity contribution in [2.24, 2.45) is 5.16 Å². The molecule has 1 atom stereocenters. The molecule has 0 aliphatic carbocycles. The van der Waals surface area contributed by atoms with Gasteiger partial charge in [-0.1, -0.05) is 11.2 Å². The fourth-order valence-electron chi connectivity index (χ4n) is 4.82. The van der Waals surface area contributed by atoms with E-state index in [-0.39, 0.29) is 17.7 Å². The van der Waals surface area contributed by atoms with E-state index in [0.717, 1.165) is 34.7 Å². The smallest absolute Gasteiger partial charge is 0.380 e. The topological polar surface area (TPSA) is 78.2 Å². The Bertz CT molecular complexity index is 1440. The molecule has 0 spiro atoms. The lowest BCUT2D eigenvalue weighted by Crippen LogP contribution is -2.54. The lowest BCUT2D eigenvalue weighted by Gasteiger charge is -2.38. The summed E-state index contributed by atoms with van der Waals surface area (Å²) >= 11 is 0. The van der Waals surface area contributed by atoms with Crippen molar-refractivity contribution in [2.75, 3.05) is 20.3 Å². The maximum atomic E-state index is 14.6. The zero-order valence-electron chi connectivity index (χ0n) is 21.6. The zero-order valence-corrected chi connectivity index (χ0v) is 21.6. The normalized spacial score (nSPS) is 19.7. The van der Waals surface area contributed by atoms with Crippen molar-refractivity contribution >= 4 is 17.9 Å². The predicted octanol–water partition coefficient (Wildman–Crippen LogP) is 5.01. The van der Waals surface area contributed by atoms with Gasteiger partial charge in [0.15, 0.2) is 5.84 Å². The predicted molar refractivity (Wildman–Crippen MR) is 137 cm³/mol. The van der Waals surface area contributed by atoms with E-state index in [1.165, 1.54) is 6.92 Å². The van der Waals surface area contributed by atoms with Gasteiger partial charge in [0, 0.05) is 23.9 Å². The number of halogens is 2. The number of rotatable bonds is 6. The van der Waals surface area contributed by atoms with Gasteiger partial charge in [-0.05, 0) is 75.1 Å². The van der Waals surface area contributed by atoms with Crippen molar-refractivity contribution in [3.8, 4) is 11.4 Å². The number of carbonyl (C=O) groups is 1. The first-order chi connectivity index (χ1) is 18.3. The van der Waals surface area contributed by atoms with E-state index in [1.807, 2.05) is 42.0 Å². The molecule has 2 aliphatic rings. The van der Waals surface area contributed by atoms with Crippen molar-refractivity contribution in [3.05, 3.63) is 82.4 Å². The number of hydrogen-bond donors (Lipinski definition) is 0. The van der Waals surface area contributed by atoms with Crippen molar-refractivity contribution in [3.63, 3.8) is 0 Å². The molecule has 3 heterocycles. The van der Waals surface area contributed by atoms with Gasteiger partial charge in [0.05, 0.1) is 31.4 Å². The Morgan fingerprint density at radius 2 is 1.97 bits per heavy atom. The van der Waals surface area contributed by atoms with Crippen molar-refractivity contribution in [1.29, 1.82) is 0 Å². The van der Waals surface area contributed by atoms with Crippen LogP contribution in [0.2, 0.25) is 0 Å². The van der Waals surface area contributed by atoms with Crippen LogP contribution in [0.15, 0.2) is 53.6 Å². The molecule has 0 N–H and O–H groups in total. The fourth-order valence-corrected chi connectivity index (χ4v) is 4.82. The standard InChI is InChI=1S/C28H28F2N4O4/c1-5-37-27(35)28(21-13-22(29)18(3)23(30)14-21)34-10-6-7-20(26(34)32-38-28)11-19-8-9-24(25(12-19)36-4)33-15-17(2)31-16-33/h8-9,11-16H,5-7,10H2,1-4H3/b20-11-. The van der Waals surface area contributed by atoms with Gasteiger partial charge in [0.1, 0.15) is 17.4 Å². The number of ether oxygens (including phenoxy) is 2. The van der Waals surface area contributed by atoms with E-state index in [9.17, 15) is 13.6 Å². The SMILES string of the molecule is CCOC(=O)C1(c2cc(F)c(C)c(F)c2)ON=C2/C(=C\c3ccc(-n4cnc(C)c4)c(OC)c3)CCCN21. The van der Waals surface area contributed by atoms with Crippen LogP contribution in [0.3, 0.4) is 0 Å². The van der Waals surface area contributed by atoms with Crippen LogP contribution in [-0.4, -0.2) is 46.5 Å². The van der Waals surface area contributed by atoms with Gasteiger partial charge in [-0.2, -0.15) is 0 Å². The Balaban J connectivity index is 1.53. The number of nitrogens with zero attached hydrogens (tertiary/aromatic N) is 4. The third-order valence-corrected chi connectivity index (χ3v) is 6.77. The van der Waals surface area contributed by atoms with Crippen LogP contribution in [0.25, 0.3) is 11.8 Å². The average Bonchev–Trinajstić information content (AvgIpc) is 3.52. The second-order valence-electron chi connectivity index (χ2n) is 9.21. The molecule has 1 saturated heterocycles. The number of hydrogen-bond acceptors (Lipinski definition) is 7. The van der Waals surface area contributed by atoms with Crippen LogP contribution < -0.4 is 4.74 Å². The van der Waals surface area contributed by atoms with Crippen LogP contribution in [0.5, 0.6) is 5.75 Å². The van der Waals surface area contributed by atoms with Crippen molar-refractivity contribution < 1.29 is 27.9 Å². The maximum absolute atomic E-state index is 14.6. The summed E-state index contributed by atoms with van der Waals surface area (Å²) in [6.45, 7) is 5.35. The van der Waals surface area contributed by atoms with Gasteiger partial charge in [0.2, 0.25) is 0 Å². The van der Waals surface area contributed by atoms with Crippen LogP contribution >= 0.6 is 0 Å². The molecule has 3 aromatic rings. The molecular weight excluding hydrogens is 494 g/mol. The van der Waals surface area contributed by atoms with E-state index in [1.54, 1.807) is 25.3 Å². The summed E-state index contributed by atoms with van der Waals surface area (Å²) in [5.74, 6) is -1.29. The monoisotopic (exact) mass is 522 g/mol. The second kappa shape index (κ2) is 9.92. The molecule has 8 nitrogen and oxygen atoms in total. The number of oxime groups is 1. The van der Waals surface area contributed by atoms with Gasteiger partial charge >= 0.3 is 11.7 Å². The third kappa shape index (κ3) is 4.19. The molecule has 198 valence electrons. The lowest BCUT2D eigenvalue weighted by molar-refractivity contribution is -0.189. The molecule has 1 aromatic heterocycles. The highest BCUT2D eigenvalue weighted by molar-refractivity contribution is 6.06. The highest BCUT2D eigenvalue weighted by atomic mass is 19.1. The average molecular weight is 523 g/mol. The van der Waals surface area contributed by atoms with Gasteiger partial charge in [0.25, 0.3) is 0 Å². The number of piperidine rings is 1. The molecule has 1 unspecified atom stereocenters. The first-order valence-electron chi connectivity index (χ1n) is 12.4. The minimum absolute atomic E-state index is 0.0156. The molecular formula is C28H28F2N4O4. The van der Waals surface area contributed by atoms with E-state index < -0.39 is 23.3 Å². The van der Waals surface area contributed by atoms with E-state index >= 15 is 0 Å². The maximum Gasteiger partial charge on any atom is 0.380 e. The molecule has 38 heavy (non-hydrogen) atoms. The number of carbonyl (C=O) groups excluding carboxylic acids is 1. The van der Waals surface area contributed by atoms with Crippen LogP contribution in [0.1, 0.15) is 42.1 Å². The Labute approximate surface area is 219 Å². The summed E-state index contributed by atoms with van der Waals surface area (Å²) in [6, 6.07) is 7.98. The first-order valence-corrected chi connectivity index (χ1v) is 12.4. The van der Waals surface area contributed by atoms with Crippen LogP contribution in [0.4, 0.5) is 8.78 Å². The van der Waals surface area contributed by atoms with E-state index in [4.69, 9.17) is 14.3 Å². The number of esters is 1. The molecule has 1 fully saturated rings. The summed E-state index contributed by atoms with van der Waals surface area (Å²) in [6.07, 6.45) is 6.90. The molecule has 2 aliphatic heterocycles. The Kier molecular flexibility index (Phi) is 6.64. The fraction of sp³-hybridized carbons (Fsp3) is 0.321. The van der Waals surface area contributed by atoms with Crippen molar-refractivity contribution in [1.82, 2.24) is 14.5 Å². The van der Waals surface area contributed by atoms with Crippen LogP contribution in [0, 0.1) is 25.5 Å². The summed E-state index contributed by atoms with van der Waals surface area (Å²) in [5, 5.41) is 4.25. The van der Waals surface area contributed by atoms with Gasteiger partial charge < -0.3 is 23.8 Å². The third-order valence-electron chi connectivity index (χ3n) is 6.77. The van der Waals surface area contributed by atoms with Gasteiger partial charge in [-0.15, -0.1) is 0 Å². The van der Waals surface area contributed by atoms with E-state index in [2.05, 4.69) is 10.1 Å². The number of aryl methyl sites for hydroxylation is 1. The number of methoxy groups -OCH3 is 1. The van der Waals surface area contributed by atoms with Gasteiger partial charge in [-0.25, -0.2) is 18.6 Å². The van der Waals surface area contributed by atoms with Crippen LogP contribution in [-0.2, 0) is 20.1 Å². The number of amidine groups is 1. The van der Waals surface area contributed by atoms with E-state index in [0.29, 0.717) is 31.0 Å². The highest BCUT2D eigenvalue weighted by Crippen LogP contribution is 2.42. The Morgan fingerprint density at radius 3 is 2.63 bits per heavy atom. The number of fused-ring (bicyclic) bond motifs is 1. The molecule has 0 amide bonds. The number of aromatic nitrogens is 2. The summed E-state index contributed by atoms with van der Waals surface area (Å²) in [7, 11) is 1.60. The molecule has 0 bridgehead atoms. The zero-order chi connectivity index (χ0) is 27.0. The Hall–Kier alpha value is -4.21. The first kappa shape index (κ1) is 25.4. The quantitative estimate of drug-likeness (QED) is 0.424. The summed E-state index contributed by atoms with van der Waals surface area (Å²) in [5.41, 5.74) is 1.30. The minimum Gasteiger partial charge on any atom is -0.495 e. The molecule has 0 saturated carbocycles. The lowest BCUT2D eigenvalue weighted by atomic mass is 9.93. The van der Waals surface area contributed by atoms with Gasteiger partial charge in [-0.3, -0.25) is 0 Å². The second-order valence-corrected chi connectivity index (χ2v) is 9.21. The molecule has 2 aromatic carbocycles. The van der Waals surface area contributed by atoms with Crippen molar-refractivity contribution in [2.45, 2.75) is 39.3 Å².